The smallest absolute Gasteiger partial charge is 0.0701 e. The van der Waals surface area contributed by atoms with Crippen LogP contribution in [0.5, 0.6) is 0 Å². The van der Waals surface area contributed by atoms with E-state index in [0.717, 1.165) is 12.2 Å². The molecule has 23 heavy (non-hydrogen) atoms. The van der Waals surface area contributed by atoms with Crippen LogP contribution < -0.4 is 4.90 Å². The Labute approximate surface area is 138 Å². The van der Waals surface area contributed by atoms with Gasteiger partial charge in [-0.05, 0) is 19.1 Å². The van der Waals surface area contributed by atoms with Gasteiger partial charge < -0.3 is 29.3 Å². The Hall–Kier alpha value is -1.18. The van der Waals surface area contributed by atoms with E-state index in [4.69, 9.17) is 19.3 Å². The van der Waals surface area contributed by atoms with E-state index in [-0.39, 0.29) is 13.2 Å². The monoisotopic (exact) mass is 327 g/mol. The lowest BCUT2D eigenvalue weighted by Gasteiger charge is -2.24. The van der Waals surface area contributed by atoms with E-state index in [1.807, 2.05) is 0 Å². The minimum Gasteiger partial charge on any atom is -0.395 e. The second-order valence-electron chi connectivity index (χ2n) is 5.11. The second-order valence-corrected chi connectivity index (χ2v) is 5.11. The lowest BCUT2D eigenvalue weighted by molar-refractivity contribution is 0.00869. The van der Waals surface area contributed by atoms with Gasteiger partial charge >= 0.3 is 0 Å². The number of ether oxygens (including phenoxy) is 3. The van der Waals surface area contributed by atoms with Crippen molar-refractivity contribution >= 4 is 5.69 Å². The van der Waals surface area contributed by atoms with Gasteiger partial charge in [-0.15, -0.1) is 0 Å². The van der Waals surface area contributed by atoms with Crippen molar-refractivity contribution in [3.8, 4) is 0 Å². The highest BCUT2D eigenvalue weighted by Gasteiger charge is 2.05. The molecule has 0 atom stereocenters. The van der Waals surface area contributed by atoms with Crippen LogP contribution >= 0.6 is 0 Å². The first-order valence-corrected chi connectivity index (χ1v) is 8.04. The Balaban J connectivity index is 2.10. The highest BCUT2D eigenvalue weighted by molar-refractivity contribution is 5.47. The average molecular weight is 327 g/mol. The molecular formula is C17H29NO5. The summed E-state index contributed by atoms with van der Waals surface area (Å²) < 4.78 is 16.0. The van der Waals surface area contributed by atoms with Crippen molar-refractivity contribution < 1.29 is 24.4 Å². The third kappa shape index (κ3) is 9.53. The van der Waals surface area contributed by atoms with E-state index in [0.29, 0.717) is 46.2 Å². The summed E-state index contributed by atoms with van der Waals surface area (Å²) in [6.45, 7) is 6.49. The van der Waals surface area contributed by atoms with E-state index in [1.165, 1.54) is 5.56 Å². The molecule has 2 N–H and O–H groups in total. The molecule has 1 aromatic rings. The van der Waals surface area contributed by atoms with E-state index in [2.05, 4.69) is 36.1 Å². The summed E-state index contributed by atoms with van der Waals surface area (Å²) in [7, 11) is 0. The summed E-state index contributed by atoms with van der Waals surface area (Å²) in [6, 6.07) is 8.24. The number of nitrogens with zero attached hydrogens (tertiary/aromatic N) is 1. The van der Waals surface area contributed by atoms with Crippen LogP contribution in [-0.4, -0.2) is 76.2 Å². The number of hydrogen-bond acceptors (Lipinski definition) is 6. The highest BCUT2D eigenvalue weighted by atomic mass is 16.5. The van der Waals surface area contributed by atoms with Crippen molar-refractivity contribution in [1.82, 2.24) is 0 Å². The van der Waals surface area contributed by atoms with Gasteiger partial charge in [-0.3, -0.25) is 0 Å². The molecule has 0 saturated carbocycles. The molecule has 0 aliphatic heterocycles. The minimum absolute atomic E-state index is 0.0361. The van der Waals surface area contributed by atoms with Gasteiger partial charge in [0.25, 0.3) is 0 Å². The predicted molar refractivity (Wildman–Crippen MR) is 90.0 cm³/mol. The zero-order valence-electron chi connectivity index (χ0n) is 13.9. The molecule has 0 aliphatic carbocycles. The molecule has 0 bridgehead atoms. The van der Waals surface area contributed by atoms with E-state index >= 15 is 0 Å². The van der Waals surface area contributed by atoms with Crippen LogP contribution in [0.3, 0.4) is 0 Å². The molecule has 0 fully saturated rings. The predicted octanol–water partition coefficient (Wildman–Crippen LogP) is 0.836. The largest absolute Gasteiger partial charge is 0.395 e. The molecule has 0 saturated heterocycles. The molecule has 0 heterocycles. The van der Waals surface area contributed by atoms with Crippen molar-refractivity contribution in [2.75, 3.05) is 70.8 Å². The van der Waals surface area contributed by atoms with Crippen LogP contribution in [0.1, 0.15) is 5.56 Å². The summed E-state index contributed by atoms with van der Waals surface area (Å²) in [6.07, 6.45) is 0. The van der Waals surface area contributed by atoms with Crippen LogP contribution in [0.4, 0.5) is 5.69 Å². The number of rotatable bonds is 14. The fraction of sp³-hybridized carbons (Fsp3) is 0.647. The van der Waals surface area contributed by atoms with Crippen LogP contribution in [0.2, 0.25) is 0 Å². The van der Waals surface area contributed by atoms with Gasteiger partial charge in [-0.25, -0.2) is 0 Å². The molecule has 0 spiro atoms. The highest BCUT2D eigenvalue weighted by Crippen LogP contribution is 2.14. The molecule has 132 valence electrons. The molecule has 1 rings (SSSR count). The van der Waals surface area contributed by atoms with Crippen LogP contribution in [-0.2, 0) is 14.2 Å². The summed E-state index contributed by atoms with van der Waals surface area (Å²) >= 11 is 0. The maximum absolute atomic E-state index is 9.18. The normalized spacial score (nSPS) is 10.9. The molecule has 0 amide bonds. The quantitative estimate of drug-likeness (QED) is 0.493. The first-order valence-electron chi connectivity index (χ1n) is 8.04. The molecule has 6 heteroatoms. The first kappa shape index (κ1) is 19.9. The van der Waals surface area contributed by atoms with Crippen molar-refractivity contribution in [1.29, 1.82) is 0 Å². The lowest BCUT2D eigenvalue weighted by atomic mass is 10.2. The average Bonchev–Trinajstić information content (AvgIpc) is 2.56. The molecule has 6 nitrogen and oxygen atoms in total. The summed E-state index contributed by atoms with van der Waals surface area (Å²) in [4.78, 5) is 2.10. The van der Waals surface area contributed by atoms with Crippen molar-refractivity contribution in [3.05, 3.63) is 29.8 Å². The maximum atomic E-state index is 9.18. The summed E-state index contributed by atoms with van der Waals surface area (Å²) in [5, 5.41) is 17.7. The number of aliphatic hydroxyl groups is 2. The maximum Gasteiger partial charge on any atom is 0.0701 e. The SMILES string of the molecule is Cc1ccc(N(CCO)CCOCCOCCOCCO)cc1. The van der Waals surface area contributed by atoms with Crippen LogP contribution in [0, 0.1) is 6.92 Å². The third-order valence-electron chi connectivity index (χ3n) is 3.25. The third-order valence-corrected chi connectivity index (χ3v) is 3.25. The standard InChI is InChI=1S/C17H29NO5/c1-16-2-4-17(5-3-16)18(6-8-19)7-10-21-12-14-23-15-13-22-11-9-20/h2-5,19-20H,6-15H2,1H3. The Morgan fingerprint density at radius 3 is 1.87 bits per heavy atom. The number of anilines is 1. The zero-order valence-corrected chi connectivity index (χ0v) is 13.9. The van der Waals surface area contributed by atoms with Crippen molar-refractivity contribution in [2.45, 2.75) is 6.92 Å². The second kappa shape index (κ2) is 13.3. The van der Waals surface area contributed by atoms with E-state index in [1.54, 1.807) is 0 Å². The van der Waals surface area contributed by atoms with Gasteiger partial charge in [-0.2, -0.15) is 0 Å². The first-order chi connectivity index (χ1) is 11.3. The topological polar surface area (TPSA) is 71.4 Å². The molecule has 0 aliphatic rings. The van der Waals surface area contributed by atoms with Gasteiger partial charge in [-0.1, -0.05) is 17.7 Å². The molecular weight excluding hydrogens is 298 g/mol. The van der Waals surface area contributed by atoms with Gasteiger partial charge in [0.15, 0.2) is 0 Å². The number of benzene rings is 1. The molecule has 0 aromatic heterocycles. The zero-order chi connectivity index (χ0) is 16.8. The Morgan fingerprint density at radius 2 is 1.30 bits per heavy atom. The number of aliphatic hydroxyl groups excluding tert-OH is 2. The fourth-order valence-electron chi connectivity index (χ4n) is 2.03. The van der Waals surface area contributed by atoms with E-state index in [9.17, 15) is 5.11 Å². The number of aryl methyl sites for hydroxylation is 1. The van der Waals surface area contributed by atoms with Crippen LogP contribution in [0.25, 0.3) is 0 Å². The fourth-order valence-corrected chi connectivity index (χ4v) is 2.03. The van der Waals surface area contributed by atoms with Crippen molar-refractivity contribution in [3.63, 3.8) is 0 Å². The van der Waals surface area contributed by atoms with E-state index < -0.39 is 0 Å². The number of hydrogen-bond donors (Lipinski definition) is 2. The minimum atomic E-state index is 0.0361. The molecule has 0 radical (unpaired) electrons. The summed E-state index contributed by atoms with van der Waals surface area (Å²) in [5.41, 5.74) is 2.31. The Kier molecular flexibility index (Phi) is 11.5. The lowest BCUT2D eigenvalue weighted by Crippen LogP contribution is -2.30. The Morgan fingerprint density at radius 1 is 0.739 bits per heavy atom. The molecule has 0 unspecified atom stereocenters. The van der Waals surface area contributed by atoms with Gasteiger partial charge in [0.1, 0.15) is 0 Å². The van der Waals surface area contributed by atoms with Crippen LogP contribution in [0.15, 0.2) is 24.3 Å². The van der Waals surface area contributed by atoms with Gasteiger partial charge in [0.05, 0.1) is 52.9 Å². The summed E-state index contributed by atoms with van der Waals surface area (Å²) in [5.74, 6) is 0. The Bertz CT molecular complexity index is 385. The van der Waals surface area contributed by atoms with Gasteiger partial charge in [0.2, 0.25) is 0 Å². The molecule has 1 aromatic carbocycles. The van der Waals surface area contributed by atoms with Crippen molar-refractivity contribution in [2.24, 2.45) is 0 Å². The van der Waals surface area contributed by atoms with Gasteiger partial charge in [0, 0.05) is 18.8 Å².